The lowest BCUT2D eigenvalue weighted by Crippen LogP contribution is -2.13. The smallest absolute Gasteiger partial charge is 0.142 e. The van der Waals surface area contributed by atoms with E-state index >= 15 is 0 Å². The van der Waals surface area contributed by atoms with Gasteiger partial charge in [-0.25, -0.2) is 4.39 Å². The lowest BCUT2D eigenvalue weighted by atomic mass is 10.2. The Kier molecular flexibility index (Phi) is 5.51. The van der Waals surface area contributed by atoms with E-state index in [1.165, 1.54) is 6.07 Å². The van der Waals surface area contributed by atoms with Crippen LogP contribution >= 0.6 is 0 Å². The molecular weight excluding hydrogens is 219 g/mol. The molecule has 1 aromatic carbocycles. The van der Waals surface area contributed by atoms with Gasteiger partial charge in [-0.2, -0.15) is 0 Å². The third-order valence-corrected chi connectivity index (χ3v) is 2.46. The summed E-state index contributed by atoms with van der Waals surface area (Å²) in [5.74, 6) is 5.05. The van der Waals surface area contributed by atoms with Crippen molar-refractivity contribution in [2.45, 2.75) is 32.8 Å². The Morgan fingerprint density at radius 3 is 2.59 bits per heavy atom. The van der Waals surface area contributed by atoms with Crippen molar-refractivity contribution in [3.8, 4) is 17.6 Å². The van der Waals surface area contributed by atoms with Crippen molar-refractivity contribution in [2.24, 2.45) is 0 Å². The van der Waals surface area contributed by atoms with Gasteiger partial charge in [0.05, 0.1) is 11.7 Å². The predicted molar refractivity (Wildman–Crippen MR) is 65.4 cm³/mol. The van der Waals surface area contributed by atoms with Gasteiger partial charge in [0.15, 0.2) is 0 Å². The fraction of sp³-hybridized carbons (Fsp3) is 0.429. The quantitative estimate of drug-likeness (QED) is 0.814. The summed E-state index contributed by atoms with van der Waals surface area (Å²) in [6.45, 7) is 3.79. The van der Waals surface area contributed by atoms with Gasteiger partial charge >= 0.3 is 0 Å². The van der Waals surface area contributed by atoms with E-state index in [4.69, 9.17) is 9.84 Å². The fourth-order valence-electron chi connectivity index (χ4n) is 1.45. The first-order valence-electron chi connectivity index (χ1n) is 5.77. The number of rotatable bonds is 4. The zero-order valence-electron chi connectivity index (χ0n) is 10.2. The van der Waals surface area contributed by atoms with Gasteiger partial charge in [0, 0.05) is 6.07 Å². The highest BCUT2D eigenvalue weighted by Gasteiger charge is 2.07. The Hall–Kier alpha value is -1.53. The molecule has 0 spiro atoms. The summed E-state index contributed by atoms with van der Waals surface area (Å²) >= 11 is 0. The van der Waals surface area contributed by atoms with E-state index < -0.39 is 5.82 Å². The molecule has 1 N–H and O–H groups in total. The van der Waals surface area contributed by atoms with Crippen LogP contribution in [0.1, 0.15) is 32.3 Å². The van der Waals surface area contributed by atoms with Crippen molar-refractivity contribution in [3.63, 3.8) is 0 Å². The van der Waals surface area contributed by atoms with Gasteiger partial charge in [0.1, 0.15) is 18.2 Å². The monoisotopic (exact) mass is 236 g/mol. The average Bonchev–Trinajstić information content (AvgIpc) is 2.35. The standard InChI is InChI=1S/C14H17FO2/c1-3-12(4-2)17-13-8-7-11(6-5-9-16)14(15)10-13/h7-8,10,12,16H,3-4,9H2,1-2H3. The molecule has 0 fully saturated rings. The molecule has 92 valence electrons. The van der Waals surface area contributed by atoms with Crippen LogP contribution in [0.15, 0.2) is 18.2 Å². The van der Waals surface area contributed by atoms with Crippen LogP contribution in [0.2, 0.25) is 0 Å². The van der Waals surface area contributed by atoms with Crippen LogP contribution in [0.25, 0.3) is 0 Å². The molecule has 1 rings (SSSR count). The minimum atomic E-state index is -0.422. The molecule has 0 atom stereocenters. The van der Waals surface area contributed by atoms with Crippen molar-refractivity contribution in [1.82, 2.24) is 0 Å². The van der Waals surface area contributed by atoms with E-state index in [1.807, 2.05) is 13.8 Å². The van der Waals surface area contributed by atoms with Gasteiger partial charge in [-0.3, -0.25) is 0 Å². The molecule has 0 radical (unpaired) electrons. The van der Waals surface area contributed by atoms with Gasteiger partial charge in [-0.1, -0.05) is 25.7 Å². The van der Waals surface area contributed by atoms with E-state index in [2.05, 4.69) is 11.8 Å². The predicted octanol–water partition coefficient (Wildman–Crippen LogP) is 2.74. The van der Waals surface area contributed by atoms with E-state index in [0.29, 0.717) is 5.75 Å². The zero-order chi connectivity index (χ0) is 12.7. The molecule has 0 aliphatic rings. The van der Waals surface area contributed by atoms with Crippen LogP contribution in [0, 0.1) is 17.7 Å². The van der Waals surface area contributed by atoms with E-state index in [1.54, 1.807) is 12.1 Å². The molecular formula is C14H17FO2. The van der Waals surface area contributed by atoms with Gasteiger partial charge in [-0.05, 0) is 25.0 Å². The van der Waals surface area contributed by atoms with Gasteiger partial charge in [0.25, 0.3) is 0 Å². The number of benzene rings is 1. The molecule has 0 saturated heterocycles. The maximum Gasteiger partial charge on any atom is 0.142 e. The molecule has 0 unspecified atom stereocenters. The topological polar surface area (TPSA) is 29.5 Å². The maximum atomic E-state index is 13.6. The molecule has 0 bridgehead atoms. The fourth-order valence-corrected chi connectivity index (χ4v) is 1.45. The summed E-state index contributed by atoms with van der Waals surface area (Å²) in [7, 11) is 0. The van der Waals surface area contributed by atoms with Crippen molar-refractivity contribution in [1.29, 1.82) is 0 Å². The molecule has 0 aliphatic carbocycles. The highest BCUT2D eigenvalue weighted by atomic mass is 19.1. The zero-order valence-corrected chi connectivity index (χ0v) is 10.2. The second-order valence-corrected chi connectivity index (χ2v) is 3.66. The molecule has 0 amide bonds. The van der Waals surface area contributed by atoms with Crippen LogP contribution in [0.3, 0.4) is 0 Å². The second kappa shape index (κ2) is 6.93. The summed E-state index contributed by atoms with van der Waals surface area (Å²) in [6.07, 6.45) is 1.90. The van der Waals surface area contributed by atoms with Gasteiger partial charge in [-0.15, -0.1) is 0 Å². The van der Waals surface area contributed by atoms with Crippen LogP contribution < -0.4 is 4.74 Å². The Labute approximate surface area is 101 Å². The highest BCUT2D eigenvalue weighted by molar-refractivity contribution is 5.39. The summed E-state index contributed by atoms with van der Waals surface area (Å²) in [5.41, 5.74) is 0.274. The largest absolute Gasteiger partial charge is 0.490 e. The number of halogens is 1. The summed E-state index contributed by atoms with van der Waals surface area (Å²) < 4.78 is 19.2. The number of aliphatic hydroxyl groups excluding tert-OH is 1. The number of aliphatic hydroxyl groups is 1. The molecule has 0 saturated carbocycles. The highest BCUT2D eigenvalue weighted by Crippen LogP contribution is 2.19. The summed E-state index contributed by atoms with van der Waals surface area (Å²) in [6, 6.07) is 4.60. The molecule has 2 nitrogen and oxygen atoms in total. The molecule has 17 heavy (non-hydrogen) atoms. The normalized spacial score (nSPS) is 9.94. The first kappa shape index (κ1) is 13.5. The Morgan fingerprint density at radius 1 is 1.35 bits per heavy atom. The van der Waals surface area contributed by atoms with Crippen molar-refractivity contribution >= 4 is 0 Å². The van der Waals surface area contributed by atoms with E-state index in [0.717, 1.165) is 12.8 Å². The van der Waals surface area contributed by atoms with E-state index in [9.17, 15) is 4.39 Å². The lowest BCUT2D eigenvalue weighted by Gasteiger charge is -2.15. The minimum Gasteiger partial charge on any atom is -0.490 e. The van der Waals surface area contributed by atoms with Crippen LogP contribution in [-0.4, -0.2) is 17.8 Å². The molecule has 0 heterocycles. The van der Waals surface area contributed by atoms with Crippen LogP contribution in [-0.2, 0) is 0 Å². The Morgan fingerprint density at radius 2 is 2.06 bits per heavy atom. The minimum absolute atomic E-state index is 0.115. The summed E-state index contributed by atoms with van der Waals surface area (Å²) in [5, 5.41) is 8.54. The number of hydrogen-bond acceptors (Lipinski definition) is 2. The molecule has 0 aliphatic heterocycles. The molecule has 0 aromatic heterocycles. The molecule has 1 aromatic rings. The maximum absolute atomic E-state index is 13.6. The summed E-state index contributed by atoms with van der Waals surface area (Å²) in [4.78, 5) is 0. The van der Waals surface area contributed by atoms with Crippen LogP contribution in [0.4, 0.5) is 4.39 Å². The van der Waals surface area contributed by atoms with Crippen molar-refractivity contribution in [3.05, 3.63) is 29.6 Å². The van der Waals surface area contributed by atoms with Crippen molar-refractivity contribution < 1.29 is 14.2 Å². The SMILES string of the molecule is CCC(CC)Oc1ccc(C#CCO)c(F)c1. The lowest BCUT2D eigenvalue weighted by molar-refractivity contribution is 0.192. The third-order valence-electron chi connectivity index (χ3n) is 2.46. The van der Waals surface area contributed by atoms with Crippen molar-refractivity contribution in [2.75, 3.05) is 6.61 Å². The Balaban J connectivity index is 2.81. The number of hydrogen-bond donors (Lipinski definition) is 1. The van der Waals surface area contributed by atoms with Gasteiger partial charge in [0.2, 0.25) is 0 Å². The van der Waals surface area contributed by atoms with Gasteiger partial charge < -0.3 is 9.84 Å². The Bertz CT molecular complexity index is 414. The van der Waals surface area contributed by atoms with Crippen LogP contribution in [0.5, 0.6) is 5.75 Å². The van der Waals surface area contributed by atoms with E-state index in [-0.39, 0.29) is 18.3 Å². The third kappa shape index (κ3) is 4.08. The average molecular weight is 236 g/mol. The molecule has 3 heteroatoms. The first-order valence-corrected chi connectivity index (χ1v) is 5.77. The second-order valence-electron chi connectivity index (χ2n) is 3.66. The first-order chi connectivity index (χ1) is 8.21. The number of ether oxygens (including phenoxy) is 1.